The van der Waals surface area contributed by atoms with E-state index in [2.05, 4.69) is 22.9 Å². The van der Waals surface area contributed by atoms with Crippen molar-refractivity contribution in [3.8, 4) is 0 Å². The van der Waals surface area contributed by atoms with Gasteiger partial charge in [-0.3, -0.25) is 9.59 Å². The average molecular weight is 289 g/mol. The molecule has 1 aliphatic rings. The Morgan fingerprint density at radius 3 is 2.71 bits per heavy atom. The summed E-state index contributed by atoms with van der Waals surface area (Å²) in [6.07, 6.45) is 2.18. The van der Waals surface area contributed by atoms with Gasteiger partial charge in [-0.1, -0.05) is 6.92 Å². The molecule has 1 saturated heterocycles. The molecule has 1 aromatic carbocycles. The molecule has 0 spiro atoms. The fraction of sp³-hybridized carbons (Fsp3) is 0.500. The van der Waals surface area contributed by atoms with Crippen molar-refractivity contribution in [3.63, 3.8) is 0 Å². The van der Waals surface area contributed by atoms with Crippen LogP contribution in [0.1, 0.15) is 35.7 Å². The van der Waals surface area contributed by atoms with E-state index in [0.29, 0.717) is 11.5 Å². The van der Waals surface area contributed by atoms with E-state index in [9.17, 15) is 9.59 Å². The summed E-state index contributed by atoms with van der Waals surface area (Å²) in [6.45, 7) is 4.87. The van der Waals surface area contributed by atoms with Gasteiger partial charge in [-0.25, -0.2) is 0 Å². The van der Waals surface area contributed by atoms with E-state index < -0.39 is 0 Å². The zero-order chi connectivity index (χ0) is 15.4. The standard InChI is InChI=1S/C16H23N3O2/c1-10-5-4-8-18-14(10)16(21)19-13-7-6-12(9-11(13)2)15(20)17-3/h6-7,9-10,14,18H,4-5,8H2,1-3H3,(H,17,20)(H,19,21). The molecule has 2 rings (SSSR count). The number of amides is 2. The van der Waals surface area contributed by atoms with Crippen molar-refractivity contribution in [2.24, 2.45) is 5.92 Å². The quantitative estimate of drug-likeness (QED) is 0.793. The predicted octanol–water partition coefficient (Wildman–Crippen LogP) is 1.68. The van der Waals surface area contributed by atoms with Gasteiger partial charge in [0.05, 0.1) is 6.04 Å². The van der Waals surface area contributed by atoms with Crippen molar-refractivity contribution in [2.45, 2.75) is 32.7 Å². The van der Waals surface area contributed by atoms with Crippen LogP contribution in [0.3, 0.4) is 0 Å². The topological polar surface area (TPSA) is 70.2 Å². The zero-order valence-corrected chi connectivity index (χ0v) is 12.8. The van der Waals surface area contributed by atoms with Gasteiger partial charge >= 0.3 is 0 Å². The van der Waals surface area contributed by atoms with Crippen LogP contribution in [-0.2, 0) is 4.79 Å². The van der Waals surface area contributed by atoms with Gasteiger partial charge < -0.3 is 16.0 Å². The largest absolute Gasteiger partial charge is 0.355 e. The molecule has 2 unspecified atom stereocenters. The molecule has 0 aromatic heterocycles. The Balaban J connectivity index is 2.08. The number of hydrogen-bond acceptors (Lipinski definition) is 3. The minimum absolute atomic E-state index is 0.00186. The maximum atomic E-state index is 12.4. The molecule has 0 radical (unpaired) electrons. The molecule has 2 amide bonds. The second kappa shape index (κ2) is 6.72. The lowest BCUT2D eigenvalue weighted by molar-refractivity contribution is -0.119. The Hall–Kier alpha value is -1.88. The fourth-order valence-electron chi connectivity index (χ4n) is 2.70. The van der Waals surface area contributed by atoms with Crippen LogP contribution >= 0.6 is 0 Å². The Morgan fingerprint density at radius 1 is 1.33 bits per heavy atom. The molecule has 114 valence electrons. The number of aryl methyl sites for hydroxylation is 1. The van der Waals surface area contributed by atoms with Gasteiger partial charge in [0.25, 0.3) is 5.91 Å². The second-order valence-corrected chi connectivity index (χ2v) is 5.65. The van der Waals surface area contributed by atoms with Gasteiger partial charge in [0.15, 0.2) is 0 Å². The van der Waals surface area contributed by atoms with Gasteiger partial charge in [-0.15, -0.1) is 0 Å². The summed E-state index contributed by atoms with van der Waals surface area (Å²) in [5.41, 5.74) is 2.23. The Morgan fingerprint density at radius 2 is 2.10 bits per heavy atom. The molecule has 1 aromatic rings. The van der Waals surface area contributed by atoms with Crippen molar-refractivity contribution in [2.75, 3.05) is 18.9 Å². The molecule has 5 nitrogen and oxygen atoms in total. The van der Waals surface area contributed by atoms with Gasteiger partial charge in [0, 0.05) is 18.3 Å². The minimum Gasteiger partial charge on any atom is -0.355 e. The number of piperidine rings is 1. The molecule has 0 aliphatic carbocycles. The molecule has 1 heterocycles. The van der Waals surface area contributed by atoms with Gasteiger partial charge in [-0.05, 0) is 56.0 Å². The summed E-state index contributed by atoms with van der Waals surface area (Å²) in [4.78, 5) is 23.9. The highest BCUT2D eigenvalue weighted by Crippen LogP contribution is 2.20. The van der Waals surface area contributed by atoms with Crippen molar-refractivity contribution < 1.29 is 9.59 Å². The van der Waals surface area contributed by atoms with E-state index in [1.807, 2.05) is 6.92 Å². The third-order valence-corrected chi connectivity index (χ3v) is 4.03. The van der Waals surface area contributed by atoms with Crippen LogP contribution in [0.5, 0.6) is 0 Å². The van der Waals surface area contributed by atoms with Gasteiger partial charge in [0.2, 0.25) is 5.91 Å². The zero-order valence-electron chi connectivity index (χ0n) is 12.8. The molecule has 1 fully saturated rings. The first-order valence-corrected chi connectivity index (χ1v) is 7.40. The third kappa shape index (κ3) is 3.61. The molecule has 21 heavy (non-hydrogen) atoms. The Kier molecular flexibility index (Phi) is 4.96. The van der Waals surface area contributed by atoms with E-state index in [0.717, 1.165) is 30.6 Å². The lowest BCUT2D eigenvalue weighted by Crippen LogP contribution is -2.48. The number of rotatable bonds is 3. The Labute approximate surface area is 125 Å². The molecule has 0 saturated carbocycles. The second-order valence-electron chi connectivity index (χ2n) is 5.65. The Bertz CT molecular complexity index is 542. The number of anilines is 1. The molecular weight excluding hydrogens is 266 g/mol. The highest BCUT2D eigenvalue weighted by atomic mass is 16.2. The SMILES string of the molecule is CNC(=O)c1ccc(NC(=O)C2NCCCC2C)c(C)c1. The first-order chi connectivity index (χ1) is 10.0. The number of nitrogens with one attached hydrogen (secondary N) is 3. The average Bonchev–Trinajstić information content (AvgIpc) is 2.48. The van der Waals surface area contributed by atoms with Crippen molar-refractivity contribution in [1.82, 2.24) is 10.6 Å². The van der Waals surface area contributed by atoms with Crippen LogP contribution in [0.2, 0.25) is 0 Å². The van der Waals surface area contributed by atoms with Crippen LogP contribution < -0.4 is 16.0 Å². The van der Waals surface area contributed by atoms with E-state index in [-0.39, 0.29) is 17.9 Å². The van der Waals surface area contributed by atoms with Crippen LogP contribution in [0, 0.1) is 12.8 Å². The highest BCUT2D eigenvalue weighted by molar-refractivity contribution is 5.98. The van der Waals surface area contributed by atoms with E-state index in [1.54, 1.807) is 25.2 Å². The van der Waals surface area contributed by atoms with Crippen LogP contribution in [0.15, 0.2) is 18.2 Å². The van der Waals surface area contributed by atoms with Gasteiger partial charge in [0.1, 0.15) is 0 Å². The molecule has 2 atom stereocenters. The summed E-state index contributed by atoms with van der Waals surface area (Å²) < 4.78 is 0. The first kappa shape index (κ1) is 15.5. The highest BCUT2D eigenvalue weighted by Gasteiger charge is 2.27. The number of hydrogen-bond donors (Lipinski definition) is 3. The predicted molar refractivity (Wildman–Crippen MR) is 83.4 cm³/mol. The lowest BCUT2D eigenvalue weighted by Gasteiger charge is -2.29. The minimum atomic E-state index is -0.142. The third-order valence-electron chi connectivity index (χ3n) is 4.03. The maximum Gasteiger partial charge on any atom is 0.251 e. The molecule has 0 bridgehead atoms. The maximum absolute atomic E-state index is 12.4. The monoisotopic (exact) mass is 289 g/mol. The molecule has 5 heteroatoms. The van der Waals surface area contributed by atoms with Crippen molar-refractivity contribution in [3.05, 3.63) is 29.3 Å². The molecular formula is C16H23N3O2. The van der Waals surface area contributed by atoms with Crippen molar-refractivity contribution in [1.29, 1.82) is 0 Å². The van der Waals surface area contributed by atoms with E-state index >= 15 is 0 Å². The summed E-state index contributed by atoms with van der Waals surface area (Å²) in [6, 6.07) is 5.15. The summed E-state index contributed by atoms with van der Waals surface area (Å²) in [7, 11) is 1.60. The number of benzene rings is 1. The van der Waals surface area contributed by atoms with Crippen LogP contribution in [-0.4, -0.2) is 31.4 Å². The number of carbonyl (C=O) groups excluding carboxylic acids is 2. The van der Waals surface area contributed by atoms with E-state index in [4.69, 9.17) is 0 Å². The fourth-order valence-corrected chi connectivity index (χ4v) is 2.70. The normalized spacial score (nSPS) is 21.7. The summed E-state index contributed by atoms with van der Waals surface area (Å²) >= 11 is 0. The number of carbonyl (C=O) groups is 2. The van der Waals surface area contributed by atoms with Crippen LogP contribution in [0.25, 0.3) is 0 Å². The smallest absolute Gasteiger partial charge is 0.251 e. The van der Waals surface area contributed by atoms with Crippen LogP contribution in [0.4, 0.5) is 5.69 Å². The van der Waals surface area contributed by atoms with Gasteiger partial charge in [-0.2, -0.15) is 0 Å². The van der Waals surface area contributed by atoms with E-state index in [1.165, 1.54) is 0 Å². The summed E-state index contributed by atoms with van der Waals surface area (Å²) in [5, 5.41) is 8.82. The molecule has 1 aliphatic heterocycles. The molecule has 3 N–H and O–H groups in total. The lowest BCUT2D eigenvalue weighted by atomic mass is 9.92. The summed E-state index contributed by atoms with van der Waals surface area (Å²) in [5.74, 6) is 0.209. The van der Waals surface area contributed by atoms with Crippen molar-refractivity contribution >= 4 is 17.5 Å². The first-order valence-electron chi connectivity index (χ1n) is 7.40.